The van der Waals surface area contributed by atoms with Crippen LogP contribution in [-0.2, 0) is 4.79 Å². The molecule has 1 fully saturated rings. The molecule has 1 saturated heterocycles. The number of hydrogen-bond donors (Lipinski definition) is 1. The number of fused-ring (bicyclic) bond motifs is 1. The molecule has 3 aromatic rings. The number of nitrogens with zero attached hydrogens (tertiary/aromatic N) is 5. The molecule has 0 unspecified atom stereocenters. The molecule has 1 N–H and O–H groups in total. The normalized spacial score (nSPS) is 16.3. The fourth-order valence-electron chi connectivity index (χ4n) is 3.98. The second-order valence-corrected chi connectivity index (χ2v) is 7.68. The molecule has 0 spiro atoms. The van der Waals surface area contributed by atoms with Crippen molar-refractivity contribution in [3.8, 4) is 0 Å². The third-order valence-corrected chi connectivity index (χ3v) is 5.59. The Morgan fingerprint density at radius 3 is 2.71 bits per heavy atom. The van der Waals surface area contributed by atoms with E-state index in [0.717, 1.165) is 37.4 Å². The van der Waals surface area contributed by atoms with Crippen LogP contribution in [0.4, 0.5) is 5.82 Å². The van der Waals surface area contributed by atoms with Crippen LogP contribution >= 0.6 is 0 Å². The van der Waals surface area contributed by atoms with Crippen LogP contribution in [0.1, 0.15) is 42.5 Å². The van der Waals surface area contributed by atoms with E-state index in [1.807, 2.05) is 12.1 Å². The number of anilines is 1. The number of amides is 1. The van der Waals surface area contributed by atoms with Gasteiger partial charge in [-0.2, -0.15) is 4.52 Å². The highest BCUT2D eigenvalue weighted by Crippen LogP contribution is 2.24. The van der Waals surface area contributed by atoms with Gasteiger partial charge < -0.3 is 10.2 Å². The molecule has 1 atom stereocenters. The Morgan fingerprint density at radius 2 is 1.96 bits per heavy atom. The summed E-state index contributed by atoms with van der Waals surface area (Å²) in [6, 6.07) is 10.3. The van der Waals surface area contributed by atoms with Gasteiger partial charge in [0.05, 0.1) is 6.04 Å². The number of piperidine rings is 1. The summed E-state index contributed by atoms with van der Waals surface area (Å²) in [6.07, 6.45) is 3.26. The molecule has 4 rings (SSSR count). The van der Waals surface area contributed by atoms with Crippen LogP contribution in [0.15, 0.2) is 36.7 Å². The lowest BCUT2D eigenvalue weighted by molar-refractivity contribution is -0.126. The van der Waals surface area contributed by atoms with Crippen molar-refractivity contribution in [1.82, 2.24) is 25.1 Å². The second-order valence-electron chi connectivity index (χ2n) is 7.68. The van der Waals surface area contributed by atoms with Gasteiger partial charge in [0.2, 0.25) is 5.91 Å². The molecule has 1 aromatic carbocycles. The quantitative estimate of drug-likeness (QED) is 0.756. The zero-order valence-electron chi connectivity index (χ0n) is 16.6. The lowest BCUT2D eigenvalue weighted by Crippen LogP contribution is -2.41. The average molecular weight is 378 g/mol. The first-order valence-corrected chi connectivity index (χ1v) is 9.81. The lowest BCUT2D eigenvalue weighted by atomic mass is 9.94. The Morgan fingerprint density at radius 1 is 1.18 bits per heavy atom. The van der Waals surface area contributed by atoms with E-state index in [1.165, 1.54) is 16.7 Å². The molecule has 0 aliphatic carbocycles. The molecule has 0 radical (unpaired) electrons. The fraction of sp³-hybridized carbons (Fsp3) is 0.429. The number of aromatic nitrogens is 4. The standard InChI is InChI=1S/C21H26N6O/c1-14-4-5-18(15(2)12-14)16(3)23-21(28)17-8-10-26(11-9-17)20-7-6-19-24-22-13-27(19)25-20/h4-7,12-13,16-17H,8-11H2,1-3H3,(H,23,28)/t16-/m0/s1. The van der Waals surface area contributed by atoms with Gasteiger partial charge in [-0.15, -0.1) is 15.3 Å². The maximum atomic E-state index is 12.8. The smallest absolute Gasteiger partial charge is 0.223 e. The number of carbonyl (C=O) groups is 1. The van der Waals surface area contributed by atoms with Gasteiger partial charge in [-0.1, -0.05) is 23.8 Å². The Kier molecular flexibility index (Phi) is 4.98. The largest absolute Gasteiger partial charge is 0.355 e. The summed E-state index contributed by atoms with van der Waals surface area (Å²) in [4.78, 5) is 15.0. The maximum absolute atomic E-state index is 12.8. The molecule has 0 saturated carbocycles. The Labute approximate surface area is 164 Å². The minimum Gasteiger partial charge on any atom is -0.355 e. The van der Waals surface area contributed by atoms with Gasteiger partial charge in [0.25, 0.3) is 0 Å². The summed E-state index contributed by atoms with van der Waals surface area (Å²) < 4.78 is 1.68. The summed E-state index contributed by atoms with van der Waals surface area (Å²) in [5.41, 5.74) is 4.38. The topological polar surface area (TPSA) is 75.4 Å². The maximum Gasteiger partial charge on any atom is 0.223 e. The molecule has 3 heterocycles. The van der Waals surface area contributed by atoms with Crippen LogP contribution in [0.5, 0.6) is 0 Å². The summed E-state index contributed by atoms with van der Waals surface area (Å²) in [6.45, 7) is 7.88. The average Bonchev–Trinajstić information content (AvgIpc) is 3.15. The first kappa shape index (κ1) is 18.4. The minimum atomic E-state index is 0.0175. The summed E-state index contributed by atoms with van der Waals surface area (Å²) in [7, 11) is 0. The number of rotatable bonds is 4. The van der Waals surface area contributed by atoms with Crippen LogP contribution in [0, 0.1) is 19.8 Å². The van der Waals surface area contributed by atoms with Gasteiger partial charge in [0.1, 0.15) is 12.1 Å². The highest BCUT2D eigenvalue weighted by molar-refractivity contribution is 5.79. The predicted molar refractivity (Wildman–Crippen MR) is 108 cm³/mol. The molecule has 0 bridgehead atoms. The first-order valence-electron chi connectivity index (χ1n) is 9.81. The van der Waals surface area contributed by atoms with Crippen molar-refractivity contribution in [3.05, 3.63) is 53.3 Å². The van der Waals surface area contributed by atoms with Crippen molar-refractivity contribution in [1.29, 1.82) is 0 Å². The van der Waals surface area contributed by atoms with E-state index in [4.69, 9.17) is 0 Å². The van der Waals surface area contributed by atoms with Crippen molar-refractivity contribution in [2.24, 2.45) is 5.92 Å². The molecule has 2 aromatic heterocycles. The lowest BCUT2D eigenvalue weighted by Gasteiger charge is -2.32. The number of hydrogen-bond acceptors (Lipinski definition) is 5. The Hall–Kier alpha value is -2.96. The molecule has 1 aliphatic heterocycles. The number of aryl methyl sites for hydroxylation is 2. The summed E-state index contributed by atoms with van der Waals surface area (Å²) in [5, 5.41) is 15.6. The zero-order valence-corrected chi connectivity index (χ0v) is 16.6. The number of carbonyl (C=O) groups excluding carboxylic acids is 1. The van der Waals surface area contributed by atoms with Crippen molar-refractivity contribution < 1.29 is 4.79 Å². The van der Waals surface area contributed by atoms with Gasteiger partial charge in [-0.05, 0) is 56.9 Å². The third kappa shape index (κ3) is 3.69. The minimum absolute atomic E-state index is 0.0175. The third-order valence-electron chi connectivity index (χ3n) is 5.59. The van der Waals surface area contributed by atoms with E-state index in [2.05, 4.69) is 64.5 Å². The molecule has 7 heteroatoms. The molecular formula is C21H26N6O. The predicted octanol–water partition coefficient (Wildman–Crippen LogP) is 2.83. The van der Waals surface area contributed by atoms with E-state index in [-0.39, 0.29) is 17.9 Å². The van der Waals surface area contributed by atoms with Gasteiger partial charge >= 0.3 is 0 Å². The molecular weight excluding hydrogens is 352 g/mol. The van der Waals surface area contributed by atoms with Gasteiger partial charge in [-0.25, -0.2) is 0 Å². The Bertz CT molecular complexity index is 989. The second kappa shape index (κ2) is 7.58. The Balaban J connectivity index is 1.35. The monoisotopic (exact) mass is 378 g/mol. The molecule has 1 aliphatic rings. The molecule has 1 amide bonds. The number of benzene rings is 1. The van der Waals surface area contributed by atoms with Crippen molar-refractivity contribution >= 4 is 17.4 Å². The van der Waals surface area contributed by atoms with Crippen LogP contribution in [0.25, 0.3) is 5.65 Å². The fourth-order valence-corrected chi connectivity index (χ4v) is 3.98. The van der Waals surface area contributed by atoms with E-state index in [1.54, 1.807) is 10.8 Å². The molecule has 7 nitrogen and oxygen atoms in total. The highest BCUT2D eigenvalue weighted by atomic mass is 16.1. The van der Waals surface area contributed by atoms with Crippen molar-refractivity contribution in [3.63, 3.8) is 0 Å². The van der Waals surface area contributed by atoms with Gasteiger partial charge in [0.15, 0.2) is 5.65 Å². The van der Waals surface area contributed by atoms with Gasteiger partial charge in [-0.3, -0.25) is 4.79 Å². The first-order chi connectivity index (χ1) is 13.5. The zero-order chi connectivity index (χ0) is 19.7. The molecule has 28 heavy (non-hydrogen) atoms. The van der Waals surface area contributed by atoms with Crippen molar-refractivity contribution in [2.45, 2.75) is 39.7 Å². The van der Waals surface area contributed by atoms with Gasteiger partial charge in [0, 0.05) is 19.0 Å². The van der Waals surface area contributed by atoms with E-state index < -0.39 is 0 Å². The van der Waals surface area contributed by atoms with Crippen molar-refractivity contribution in [2.75, 3.05) is 18.0 Å². The van der Waals surface area contributed by atoms with Crippen LogP contribution < -0.4 is 10.2 Å². The van der Waals surface area contributed by atoms with E-state index in [9.17, 15) is 4.79 Å². The molecule has 146 valence electrons. The number of nitrogens with one attached hydrogen (secondary N) is 1. The van der Waals surface area contributed by atoms with Crippen LogP contribution in [-0.4, -0.2) is 38.8 Å². The summed E-state index contributed by atoms with van der Waals surface area (Å²) in [5.74, 6) is 1.09. The summed E-state index contributed by atoms with van der Waals surface area (Å²) >= 11 is 0. The van der Waals surface area contributed by atoms with Crippen LogP contribution in [0.3, 0.4) is 0 Å². The van der Waals surface area contributed by atoms with Crippen LogP contribution in [0.2, 0.25) is 0 Å². The highest BCUT2D eigenvalue weighted by Gasteiger charge is 2.27. The van der Waals surface area contributed by atoms with E-state index >= 15 is 0 Å². The van der Waals surface area contributed by atoms with E-state index in [0.29, 0.717) is 0 Å². The SMILES string of the molecule is Cc1ccc([C@H](C)NC(=O)C2CCN(c3ccc4nncn4n3)CC2)c(C)c1.